The zero-order chi connectivity index (χ0) is 20.0. The summed E-state index contributed by atoms with van der Waals surface area (Å²) >= 11 is 6.03. The summed E-state index contributed by atoms with van der Waals surface area (Å²) in [6.45, 7) is 1.61. The summed E-state index contributed by atoms with van der Waals surface area (Å²) in [5.41, 5.74) is 0.816. The Kier molecular flexibility index (Phi) is 6.81. The predicted molar refractivity (Wildman–Crippen MR) is 103 cm³/mol. The first-order valence-electron chi connectivity index (χ1n) is 7.96. The summed E-state index contributed by atoms with van der Waals surface area (Å²) in [5, 5.41) is 3.15. The van der Waals surface area contributed by atoms with Gasteiger partial charge in [0.1, 0.15) is 0 Å². The molecule has 1 atom stereocenters. The van der Waals surface area contributed by atoms with Crippen LogP contribution in [0.2, 0.25) is 5.02 Å². The Morgan fingerprint density at radius 3 is 2.41 bits per heavy atom. The number of rotatable bonds is 7. The summed E-state index contributed by atoms with van der Waals surface area (Å²) < 4.78 is 30.2. The predicted octanol–water partition coefficient (Wildman–Crippen LogP) is 2.57. The second kappa shape index (κ2) is 8.88. The first-order chi connectivity index (χ1) is 12.7. The van der Waals surface area contributed by atoms with Crippen molar-refractivity contribution in [2.24, 2.45) is 0 Å². The molecular weight excluding hydrogens is 392 g/mol. The van der Waals surface area contributed by atoms with Gasteiger partial charge in [0.25, 0.3) is 5.91 Å². The minimum Gasteiger partial charge on any atom is -0.449 e. The van der Waals surface area contributed by atoms with Gasteiger partial charge in [-0.1, -0.05) is 41.9 Å². The molecule has 9 heteroatoms. The molecule has 2 aromatic carbocycles. The van der Waals surface area contributed by atoms with Crippen molar-refractivity contribution in [1.82, 2.24) is 5.32 Å². The fourth-order valence-corrected chi connectivity index (χ4v) is 2.98. The van der Waals surface area contributed by atoms with Crippen molar-refractivity contribution in [3.05, 3.63) is 64.7 Å². The Bertz CT molecular complexity index is 946. The topological polar surface area (TPSA) is 102 Å². The Morgan fingerprint density at radius 2 is 1.74 bits per heavy atom. The lowest BCUT2D eigenvalue weighted by Gasteiger charge is -2.15. The second-order valence-corrected chi connectivity index (χ2v) is 7.93. The van der Waals surface area contributed by atoms with Gasteiger partial charge >= 0.3 is 5.97 Å². The Labute approximate surface area is 162 Å². The fourth-order valence-electron chi connectivity index (χ4n) is 2.20. The second-order valence-electron chi connectivity index (χ2n) is 5.78. The highest BCUT2D eigenvalue weighted by Crippen LogP contribution is 2.18. The molecular formula is C18H19ClN2O5S. The van der Waals surface area contributed by atoms with E-state index in [1.54, 1.807) is 36.4 Å². The largest absolute Gasteiger partial charge is 0.449 e. The maximum atomic E-state index is 12.3. The molecule has 2 rings (SSSR count). The fraction of sp³-hybridized carbons (Fsp3) is 0.222. The molecule has 0 fully saturated rings. The van der Waals surface area contributed by atoms with Crippen molar-refractivity contribution in [3.63, 3.8) is 0 Å². The number of amides is 1. The quantitative estimate of drug-likeness (QED) is 0.683. The highest BCUT2D eigenvalue weighted by atomic mass is 35.5. The van der Waals surface area contributed by atoms with E-state index in [1.165, 1.54) is 19.1 Å². The van der Waals surface area contributed by atoms with Crippen LogP contribution in [0.25, 0.3) is 0 Å². The van der Waals surface area contributed by atoms with Crippen LogP contribution in [0.1, 0.15) is 22.8 Å². The molecule has 0 saturated heterocycles. The number of ether oxygens (including phenoxy) is 1. The number of esters is 1. The van der Waals surface area contributed by atoms with Gasteiger partial charge in [-0.15, -0.1) is 0 Å². The summed E-state index contributed by atoms with van der Waals surface area (Å²) in [6.07, 6.45) is -0.105. The van der Waals surface area contributed by atoms with Crippen molar-refractivity contribution in [1.29, 1.82) is 0 Å². The third-order valence-electron chi connectivity index (χ3n) is 3.51. The van der Waals surface area contributed by atoms with E-state index < -0.39 is 28.0 Å². The van der Waals surface area contributed by atoms with Crippen LogP contribution in [0.4, 0.5) is 5.69 Å². The number of hydrogen-bond acceptors (Lipinski definition) is 5. The van der Waals surface area contributed by atoms with Gasteiger partial charge < -0.3 is 10.1 Å². The van der Waals surface area contributed by atoms with E-state index in [-0.39, 0.29) is 17.8 Å². The van der Waals surface area contributed by atoms with E-state index in [2.05, 4.69) is 10.0 Å². The molecule has 0 aliphatic heterocycles. The van der Waals surface area contributed by atoms with Crippen molar-refractivity contribution >= 4 is 39.2 Å². The Morgan fingerprint density at radius 1 is 1.11 bits per heavy atom. The lowest BCUT2D eigenvalue weighted by atomic mass is 10.2. The van der Waals surface area contributed by atoms with Crippen LogP contribution < -0.4 is 10.0 Å². The first-order valence-corrected chi connectivity index (χ1v) is 10.2. The van der Waals surface area contributed by atoms with Crippen LogP contribution in [0.5, 0.6) is 0 Å². The van der Waals surface area contributed by atoms with Gasteiger partial charge in [0.05, 0.1) is 17.5 Å². The SMILES string of the molecule is C[C@H](OC(=O)c1ccccc1NS(C)(=O)=O)C(=O)NCc1ccccc1Cl. The molecule has 2 aromatic rings. The maximum absolute atomic E-state index is 12.3. The minimum absolute atomic E-state index is 0.00804. The average Bonchev–Trinajstić information content (AvgIpc) is 2.59. The molecule has 2 N–H and O–H groups in total. The van der Waals surface area contributed by atoms with E-state index in [0.717, 1.165) is 11.8 Å². The number of hydrogen-bond donors (Lipinski definition) is 2. The number of para-hydroxylation sites is 1. The van der Waals surface area contributed by atoms with E-state index >= 15 is 0 Å². The number of benzene rings is 2. The smallest absolute Gasteiger partial charge is 0.341 e. The number of nitrogens with one attached hydrogen (secondary N) is 2. The van der Waals surface area contributed by atoms with Gasteiger partial charge in [0.15, 0.2) is 6.10 Å². The lowest BCUT2D eigenvalue weighted by molar-refractivity contribution is -0.129. The number of halogens is 1. The number of anilines is 1. The molecule has 7 nitrogen and oxygen atoms in total. The van der Waals surface area contributed by atoms with Crippen molar-refractivity contribution in [2.75, 3.05) is 11.0 Å². The van der Waals surface area contributed by atoms with E-state index in [1.807, 2.05) is 0 Å². The maximum Gasteiger partial charge on any atom is 0.341 e. The van der Waals surface area contributed by atoms with Gasteiger partial charge in [-0.25, -0.2) is 13.2 Å². The van der Waals surface area contributed by atoms with E-state index in [9.17, 15) is 18.0 Å². The van der Waals surface area contributed by atoms with Crippen molar-refractivity contribution in [3.8, 4) is 0 Å². The summed E-state index contributed by atoms with van der Waals surface area (Å²) in [4.78, 5) is 24.5. The van der Waals surface area contributed by atoms with Crippen LogP contribution >= 0.6 is 11.6 Å². The van der Waals surface area contributed by atoms with Crippen LogP contribution in [0, 0.1) is 0 Å². The van der Waals surface area contributed by atoms with Gasteiger partial charge in [-0.2, -0.15) is 0 Å². The van der Waals surface area contributed by atoms with E-state index in [4.69, 9.17) is 16.3 Å². The summed E-state index contributed by atoms with van der Waals surface area (Å²) in [7, 11) is -3.57. The molecule has 27 heavy (non-hydrogen) atoms. The standard InChI is InChI=1S/C18H19ClN2O5S/c1-12(17(22)20-11-13-7-3-5-9-15(13)19)26-18(23)14-8-4-6-10-16(14)21-27(2,24)25/h3-10,12,21H,11H2,1-2H3,(H,20,22)/t12-/m0/s1. The Hall–Kier alpha value is -2.58. The molecule has 0 aromatic heterocycles. The van der Waals surface area contributed by atoms with Gasteiger partial charge in [-0.05, 0) is 30.7 Å². The molecule has 0 aliphatic rings. The normalized spacial score (nSPS) is 12.1. The van der Waals surface area contributed by atoms with Crippen LogP contribution in [0.15, 0.2) is 48.5 Å². The molecule has 144 valence electrons. The zero-order valence-electron chi connectivity index (χ0n) is 14.7. The molecule has 0 heterocycles. The molecule has 1 amide bonds. The first kappa shape index (κ1) is 20.7. The van der Waals surface area contributed by atoms with Gasteiger partial charge in [-0.3, -0.25) is 9.52 Å². The van der Waals surface area contributed by atoms with E-state index in [0.29, 0.717) is 5.02 Å². The van der Waals surface area contributed by atoms with Crippen molar-refractivity contribution < 1.29 is 22.7 Å². The highest BCUT2D eigenvalue weighted by molar-refractivity contribution is 7.92. The summed E-state index contributed by atoms with van der Waals surface area (Å²) in [6, 6.07) is 13.0. The monoisotopic (exact) mass is 410 g/mol. The van der Waals surface area contributed by atoms with Crippen LogP contribution in [-0.2, 0) is 26.1 Å². The van der Waals surface area contributed by atoms with Crippen molar-refractivity contribution in [2.45, 2.75) is 19.6 Å². The third-order valence-corrected chi connectivity index (χ3v) is 4.47. The molecule has 0 aliphatic carbocycles. The molecule has 0 spiro atoms. The highest BCUT2D eigenvalue weighted by Gasteiger charge is 2.21. The molecule has 0 unspecified atom stereocenters. The number of carbonyl (C=O) groups excluding carboxylic acids is 2. The zero-order valence-corrected chi connectivity index (χ0v) is 16.3. The summed E-state index contributed by atoms with van der Waals surface area (Å²) in [5.74, 6) is -1.32. The minimum atomic E-state index is -3.57. The number of sulfonamides is 1. The Balaban J connectivity index is 2.01. The lowest BCUT2D eigenvalue weighted by Crippen LogP contribution is -2.35. The van der Waals surface area contributed by atoms with Crippen LogP contribution in [0.3, 0.4) is 0 Å². The third kappa shape index (κ3) is 6.26. The molecule has 0 radical (unpaired) electrons. The molecule has 0 saturated carbocycles. The number of carbonyl (C=O) groups is 2. The van der Waals surface area contributed by atoms with Gasteiger partial charge in [0, 0.05) is 11.6 Å². The van der Waals surface area contributed by atoms with Crippen LogP contribution in [-0.4, -0.2) is 32.7 Å². The molecule has 0 bridgehead atoms. The average molecular weight is 411 g/mol. The van der Waals surface area contributed by atoms with Gasteiger partial charge in [0.2, 0.25) is 10.0 Å².